The van der Waals surface area contributed by atoms with E-state index in [1.807, 2.05) is 36.5 Å². The lowest BCUT2D eigenvalue weighted by molar-refractivity contribution is -0.122. The van der Waals surface area contributed by atoms with E-state index in [4.69, 9.17) is 0 Å². The predicted molar refractivity (Wildman–Crippen MR) is 99.8 cm³/mol. The van der Waals surface area contributed by atoms with Gasteiger partial charge in [0.25, 0.3) is 0 Å². The van der Waals surface area contributed by atoms with Gasteiger partial charge in [0, 0.05) is 22.9 Å². The molecule has 0 radical (unpaired) electrons. The zero-order valence-corrected chi connectivity index (χ0v) is 15.4. The molecular weight excluding hydrogens is 366 g/mol. The number of aryl methyl sites for hydroxylation is 1. The summed E-state index contributed by atoms with van der Waals surface area (Å²) >= 11 is 3.41. The van der Waals surface area contributed by atoms with Crippen LogP contribution in [0.15, 0.2) is 47.1 Å². The molecule has 1 amide bonds. The molecule has 0 spiro atoms. The third kappa shape index (κ3) is 4.22. The molecular formula is C19H22BrN3O. The first kappa shape index (κ1) is 17.1. The number of rotatable bonds is 4. The molecule has 4 nitrogen and oxygen atoms in total. The second-order valence-electron chi connectivity index (χ2n) is 6.25. The Bertz CT molecular complexity index is 702. The van der Waals surface area contributed by atoms with Crippen LogP contribution >= 0.6 is 15.9 Å². The average molecular weight is 388 g/mol. The van der Waals surface area contributed by atoms with Crippen LogP contribution in [-0.2, 0) is 11.3 Å². The Labute approximate surface area is 151 Å². The van der Waals surface area contributed by atoms with E-state index < -0.39 is 0 Å². The zero-order valence-electron chi connectivity index (χ0n) is 13.8. The lowest BCUT2D eigenvalue weighted by Gasteiger charge is -2.34. The highest BCUT2D eigenvalue weighted by Crippen LogP contribution is 2.22. The van der Waals surface area contributed by atoms with Gasteiger partial charge in [0.05, 0.1) is 11.7 Å². The SMILES string of the molecule is Cc1cccnc1CN1CCCC[C@@H]1C(=O)Nc1ccc(Br)cc1. The maximum absolute atomic E-state index is 12.8. The van der Waals surface area contributed by atoms with Crippen LogP contribution in [0.25, 0.3) is 0 Å². The predicted octanol–water partition coefficient (Wildman–Crippen LogP) is 4.15. The Morgan fingerprint density at radius 3 is 2.83 bits per heavy atom. The van der Waals surface area contributed by atoms with Gasteiger partial charge in [-0.15, -0.1) is 0 Å². The fourth-order valence-corrected chi connectivity index (χ4v) is 3.38. The normalized spacial score (nSPS) is 18.3. The number of piperidine rings is 1. The summed E-state index contributed by atoms with van der Waals surface area (Å²) in [7, 11) is 0. The Kier molecular flexibility index (Phi) is 5.63. The van der Waals surface area contributed by atoms with E-state index in [0.717, 1.165) is 48.2 Å². The van der Waals surface area contributed by atoms with Gasteiger partial charge in [0.2, 0.25) is 5.91 Å². The van der Waals surface area contributed by atoms with Crippen LogP contribution in [0.2, 0.25) is 0 Å². The number of hydrogen-bond acceptors (Lipinski definition) is 3. The maximum Gasteiger partial charge on any atom is 0.241 e. The fraction of sp³-hybridized carbons (Fsp3) is 0.368. The molecule has 126 valence electrons. The van der Waals surface area contributed by atoms with Crippen LogP contribution in [0.5, 0.6) is 0 Å². The van der Waals surface area contributed by atoms with Crippen molar-refractivity contribution in [2.75, 3.05) is 11.9 Å². The van der Waals surface area contributed by atoms with Crippen molar-refractivity contribution in [3.8, 4) is 0 Å². The summed E-state index contributed by atoms with van der Waals surface area (Å²) < 4.78 is 1.01. The summed E-state index contributed by atoms with van der Waals surface area (Å²) in [6.45, 7) is 3.74. The number of anilines is 1. The molecule has 24 heavy (non-hydrogen) atoms. The van der Waals surface area contributed by atoms with Gasteiger partial charge in [-0.05, 0) is 62.2 Å². The molecule has 1 aromatic carbocycles. The van der Waals surface area contributed by atoms with E-state index in [-0.39, 0.29) is 11.9 Å². The number of carbonyl (C=O) groups is 1. The van der Waals surface area contributed by atoms with Crippen molar-refractivity contribution in [3.63, 3.8) is 0 Å². The standard InChI is InChI=1S/C19H22BrN3O/c1-14-5-4-11-21-17(14)13-23-12-3-2-6-18(23)19(24)22-16-9-7-15(20)8-10-16/h4-5,7-11,18H,2-3,6,12-13H2,1H3,(H,22,24)/t18-/m1/s1. The van der Waals surface area contributed by atoms with Gasteiger partial charge in [-0.25, -0.2) is 0 Å². The lowest BCUT2D eigenvalue weighted by atomic mass is 10.0. The molecule has 3 rings (SSSR count). The molecule has 1 N–H and O–H groups in total. The van der Waals surface area contributed by atoms with E-state index in [9.17, 15) is 4.79 Å². The molecule has 0 bridgehead atoms. The molecule has 0 saturated carbocycles. The summed E-state index contributed by atoms with van der Waals surface area (Å²) in [6, 6.07) is 11.6. The summed E-state index contributed by atoms with van der Waals surface area (Å²) in [5.74, 6) is 0.0746. The number of benzene rings is 1. The number of pyridine rings is 1. The van der Waals surface area contributed by atoms with Crippen molar-refractivity contribution >= 4 is 27.5 Å². The Morgan fingerprint density at radius 1 is 1.29 bits per heavy atom. The van der Waals surface area contributed by atoms with Gasteiger partial charge in [-0.1, -0.05) is 28.4 Å². The summed E-state index contributed by atoms with van der Waals surface area (Å²) in [4.78, 5) is 19.5. The first-order chi connectivity index (χ1) is 11.6. The fourth-order valence-electron chi connectivity index (χ4n) is 3.11. The average Bonchev–Trinajstić information content (AvgIpc) is 2.59. The number of halogens is 1. The minimum absolute atomic E-state index is 0.0746. The van der Waals surface area contributed by atoms with Crippen molar-refractivity contribution in [3.05, 3.63) is 58.3 Å². The highest BCUT2D eigenvalue weighted by atomic mass is 79.9. The minimum atomic E-state index is -0.0937. The molecule has 2 heterocycles. The van der Waals surface area contributed by atoms with Crippen LogP contribution in [0.1, 0.15) is 30.5 Å². The van der Waals surface area contributed by atoms with Crippen LogP contribution in [-0.4, -0.2) is 28.4 Å². The molecule has 1 aliphatic heterocycles. The number of amides is 1. The number of nitrogens with one attached hydrogen (secondary N) is 1. The highest BCUT2D eigenvalue weighted by Gasteiger charge is 2.29. The Hall–Kier alpha value is -1.72. The molecule has 1 aromatic heterocycles. The molecule has 5 heteroatoms. The van der Waals surface area contributed by atoms with E-state index in [1.165, 1.54) is 5.56 Å². The van der Waals surface area contributed by atoms with Crippen LogP contribution in [0, 0.1) is 6.92 Å². The summed E-state index contributed by atoms with van der Waals surface area (Å²) in [5, 5.41) is 3.05. The number of hydrogen-bond donors (Lipinski definition) is 1. The van der Waals surface area contributed by atoms with Crippen molar-refractivity contribution in [1.29, 1.82) is 0 Å². The third-order valence-corrected chi connectivity index (χ3v) is 5.03. The first-order valence-electron chi connectivity index (χ1n) is 8.34. The number of likely N-dealkylation sites (tertiary alicyclic amines) is 1. The minimum Gasteiger partial charge on any atom is -0.325 e. The molecule has 1 aliphatic rings. The Balaban J connectivity index is 1.70. The van der Waals surface area contributed by atoms with E-state index in [1.54, 1.807) is 0 Å². The van der Waals surface area contributed by atoms with Gasteiger partial charge in [-0.3, -0.25) is 14.7 Å². The zero-order chi connectivity index (χ0) is 16.9. The van der Waals surface area contributed by atoms with Gasteiger partial charge >= 0.3 is 0 Å². The van der Waals surface area contributed by atoms with E-state index in [2.05, 4.69) is 44.1 Å². The van der Waals surface area contributed by atoms with Crippen LogP contribution in [0.4, 0.5) is 5.69 Å². The van der Waals surface area contributed by atoms with Crippen molar-refractivity contribution in [2.45, 2.75) is 38.8 Å². The molecule has 2 aromatic rings. The molecule has 1 atom stereocenters. The molecule has 1 fully saturated rings. The lowest BCUT2D eigenvalue weighted by Crippen LogP contribution is -2.46. The summed E-state index contributed by atoms with van der Waals surface area (Å²) in [6.07, 6.45) is 4.95. The quantitative estimate of drug-likeness (QED) is 0.856. The molecule has 0 aliphatic carbocycles. The first-order valence-corrected chi connectivity index (χ1v) is 9.14. The number of carbonyl (C=O) groups excluding carboxylic acids is 1. The van der Waals surface area contributed by atoms with Gasteiger partial charge in [0.15, 0.2) is 0 Å². The Morgan fingerprint density at radius 2 is 2.08 bits per heavy atom. The van der Waals surface area contributed by atoms with Crippen molar-refractivity contribution in [2.24, 2.45) is 0 Å². The van der Waals surface area contributed by atoms with Crippen molar-refractivity contribution < 1.29 is 4.79 Å². The largest absolute Gasteiger partial charge is 0.325 e. The van der Waals surface area contributed by atoms with E-state index in [0.29, 0.717) is 0 Å². The second-order valence-corrected chi connectivity index (χ2v) is 7.16. The van der Waals surface area contributed by atoms with Gasteiger partial charge < -0.3 is 5.32 Å². The third-order valence-electron chi connectivity index (χ3n) is 4.50. The van der Waals surface area contributed by atoms with Crippen LogP contribution < -0.4 is 5.32 Å². The number of nitrogens with zero attached hydrogens (tertiary/aromatic N) is 2. The van der Waals surface area contributed by atoms with Gasteiger partial charge in [-0.2, -0.15) is 0 Å². The number of aromatic nitrogens is 1. The van der Waals surface area contributed by atoms with Crippen molar-refractivity contribution in [1.82, 2.24) is 9.88 Å². The summed E-state index contributed by atoms with van der Waals surface area (Å²) in [5.41, 5.74) is 3.07. The van der Waals surface area contributed by atoms with E-state index >= 15 is 0 Å². The molecule has 0 unspecified atom stereocenters. The second kappa shape index (κ2) is 7.90. The molecule has 1 saturated heterocycles. The van der Waals surface area contributed by atoms with Crippen LogP contribution in [0.3, 0.4) is 0 Å². The monoisotopic (exact) mass is 387 g/mol. The van der Waals surface area contributed by atoms with Gasteiger partial charge in [0.1, 0.15) is 0 Å². The topological polar surface area (TPSA) is 45.2 Å². The maximum atomic E-state index is 12.8. The highest BCUT2D eigenvalue weighted by molar-refractivity contribution is 9.10. The smallest absolute Gasteiger partial charge is 0.241 e.